The number of unbranched alkanes of at least 4 members (excludes halogenated alkanes) is 11. The SMILES string of the molecule is CCCCCCCCCCCCCC=C[C@@H](O)[C@H](CO[C@@H]1O[C@H](CO)[C@H](O)[C@H](OS(=O)(=O)O)[C@H]1O)NC(=O)CN. The highest BCUT2D eigenvalue weighted by molar-refractivity contribution is 7.80. The lowest BCUT2D eigenvalue weighted by Gasteiger charge is -2.41. The minimum atomic E-state index is -5.07. The van der Waals surface area contributed by atoms with Gasteiger partial charge in [-0.1, -0.05) is 83.3 Å². The molecular weight excluding hydrogens is 548 g/mol. The van der Waals surface area contributed by atoms with Gasteiger partial charge >= 0.3 is 10.4 Å². The standard InChI is InChI=1S/C26H50N2O11S/c1-2-3-4-5-6-7-8-9-10-11-12-13-14-15-20(30)19(28-22(31)16-27)18-37-26-24(33)25(39-40(34,35)36)23(32)21(17-29)38-26/h14-15,19-21,23-26,29-30,32-33H,2-13,16-18,27H2,1H3,(H,28,31)(H,34,35,36)/t19-,20+,21+,23-,24+,25-,26+/m0/s1. The zero-order valence-corrected chi connectivity index (χ0v) is 24.3. The van der Waals surface area contributed by atoms with Crippen LogP contribution >= 0.6 is 0 Å². The number of rotatable bonds is 22. The van der Waals surface area contributed by atoms with Gasteiger partial charge < -0.3 is 41.0 Å². The van der Waals surface area contributed by atoms with Crippen LogP contribution in [0.3, 0.4) is 0 Å². The molecule has 0 saturated carbocycles. The van der Waals surface area contributed by atoms with Gasteiger partial charge in [-0.25, -0.2) is 4.18 Å². The van der Waals surface area contributed by atoms with Crippen LogP contribution in [0.15, 0.2) is 12.2 Å². The van der Waals surface area contributed by atoms with Crippen molar-refractivity contribution in [3.63, 3.8) is 0 Å². The van der Waals surface area contributed by atoms with E-state index in [1.807, 2.05) is 0 Å². The van der Waals surface area contributed by atoms with Crippen molar-refractivity contribution in [2.75, 3.05) is 19.8 Å². The van der Waals surface area contributed by atoms with E-state index in [2.05, 4.69) is 16.4 Å². The Kier molecular flexibility index (Phi) is 19.0. The first-order valence-corrected chi connectivity index (χ1v) is 15.6. The molecule has 1 heterocycles. The maximum Gasteiger partial charge on any atom is 0.397 e. The molecule has 1 saturated heterocycles. The number of ether oxygens (including phenoxy) is 2. The molecule has 1 rings (SSSR count). The van der Waals surface area contributed by atoms with Crippen LogP contribution in [0.4, 0.5) is 0 Å². The van der Waals surface area contributed by atoms with Crippen molar-refractivity contribution in [2.45, 2.75) is 127 Å². The van der Waals surface area contributed by atoms with Crippen LogP contribution < -0.4 is 11.1 Å². The Hall–Kier alpha value is -1.20. The average molecular weight is 599 g/mol. The number of carbonyl (C=O) groups is 1. The topological polar surface area (TPSA) is 218 Å². The van der Waals surface area contributed by atoms with Crippen molar-refractivity contribution < 1.29 is 51.8 Å². The first kappa shape index (κ1) is 36.8. The average Bonchev–Trinajstić information content (AvgIpc) is 2.91. The van der Waals surface area contributed by atoms with Gasteiger partial charge in [0.1, 0.15) is 24.4 Å². The van der Waals surface area contributed by atoms with E-state index in [4.69, 9.17) is 19.8 Å². The van der Waals surface area contributed by atoms with Gasteiger partial charge in [-0.3, -0.25) is 9.35 Å². The summed E-state index contributed by atoms with van der Waals surface area (Å²) in [5.74, 6) is -0.576. The van der Waals surface area contributed by atoms with E-state index in [0.717, 1.165) is 25.7 Å². The second-order valence-electron chi connectivity index (χ2n) is 10.1. The summed E-state index contributed by atoms with van der Waals surface area (Å²) in [5.41, 5.74) is 5.37. The van der Waals surface area contributed by atoms with Gasteiger partial charge in [0.25, 0.3) is 0 Å². The fourth-order valence-corrected chi connectivity index (χ4v) is 4.94. The number of aliphatic hydroxyl groups excluding tert-OH is 4. The Bertz CT molecular complexity index is 814. The van der Waals surface area contributed by atoms with E-state index in [1.54, 1.807) is 6.08 Å². The molecular formula is C26H50N2O11S. The zero-order chi connectivity index (χ0) is 30.0. The van der Waals surface area contributed by atoms with Gasteiger partial charge in [0.05, 0.1) is 31.9 Å². The van der Waals surface area contributed by atoms with Crippen LogP contribution in [0.1, 0.15) is 84.0 Å². The molecule has 0 radical (unpaired) electrons. The molecule has 0 bridgehead atoms. The van der Waals surface area contributed by atoms with Gasteiger partial charge in [-0.05, 0) is 12.8 Å². The first-order valence-electron chi connectivity index (χ1n) is 14.3. The van der Waals surface area contributed by atoms with Crippen LogP contribution in [0.25, 0.3) is 0 Å². The van der Waals surface area contributed by atoms with E-state index in [9.17, 15) is 33.6 Å². The van der Waals surface area contributed by atoms with Gasteiger partial charge in [0.2, 0.25) is 5.91 Å². The van der Waals surface area contributed by atoms with Crippen LogP contribution in [-0.2, 0) is 28.9 Å². The maximum atomic E-state index is 11.9. The van der Waals surface area contributed by atoms with E-state index in [0.29, 0.717) is 0 Å². The fourth-order valence-electron chi connectivity index (χ4n) is 4.43. The number of hydrogen-bond acceptors (Lipinski definition) is 11. The molecule has 8 N–H and O–H groups in total. The summed E-state index contributed by atoms with van der Waals surface area (Å²) < 4.78 is 46.3. The Balaban J connectivity index is 2.54. The minimum Gasteiger partial charge on any atom is -0.394 e. The molecule has 40 heavy (non-hydrogen) atoms. The number of hydrogen-bond donors (Lipinski definition) is 7. The van der Waals surface area contributed by atoms with Crippen molar-refractivity contribution in [3.8, 4) is 0 Å². The molecule has 0 aromatic rings. The van der Waals surface area contributed by atoms with E-state index in [1.165, 1.54) is 57.4 Å². The second kappa shape index (κ2) is 20.6. The first-order chi connectivity index (χ1) is 19.0. The quantitative estimate of drug-likeness (QED) is 0.0520. The molecule has 1 aliphatic rings. The number of nitrogens with one attached hydrogen (secondary N) is 1. The molecule has 14 heteroatoms. The molecule has 1 aliphatic heterocycles. The van der Waals surface area contributed by atoms with Gasteiger partial charge in [0, 0.05) is 0 Å². The Morgan fingerprint density at radius 1 is 1.02 bits per heavy atom. The smallest absolute Gasteiger partial charge is 0.394 e. The summed E-state index contributed by atoms with van der Waals surface area (Å²) >= 11 is 0. The van der Waals surface area contributed by atoms with E-state index >= 15 is 0 Å². The third kappa shape index (κ3) is 15.1. The predicted octanol–water partition coefficient (Wildman–Crippen LogP) is 0.692. The number of nitrogens with two attached hydrogens (primary N) is 1. The summed E-state index contributed by atoms with van der Waals surface area (Å²) in [7, 11) is -5.07. The highest BCUT2D eigenvalue weighted by Gasteiger charge is 2.48. The van der Waals surface area contributed by atoms with Crippen LogP contribution in [0.5, 0.6) is 0 Å². The lowest BCUT2D eigenvalue weighted by molar-refractivity contribution is -0.298. The molecule has 7 atom stereocenters. The summed E-state index contributed by atoms with van der Waals surface area (Å²) in [5, 5.41) is 43.1. The molecule has 0 aliphatic carbocycles. The lowest BCUT2D eigenvalue weighted by atomic mass is 9.99. The molecule has 1 amide bonds. The molecule has 13 nitrogen and oxygen atoms in total. The van der Waals surface area contributed by atoms with Crippen molar-refractivity contribution in [2.24, 2.45) is 5.73 Å². The number of carbonyl (C=O) groups excluding carboxylic acids is 1. The molecule has 0 aromatic heterocycles. The van der Waals surface area contributed by atoms with Crippen LogP contribution in [0.2, 0.25) is 0 Å². The van der Waals surface area contributed by atoms with Crippen molar-refractivity contribution in [1.82, 2.24) is 5.32 Å². The minimum absolute atomic E-state index is 0.350. The molecule has 0 aromatic carbocycles. The third-order valence-corrected chi connectivity index (χ3v) is 7.21. The third-order valence-electron chi connectivity index (χ3n) is 6.75. The normalized spacial score (nSPS) is 25.2. The summed E-state index contributed by atoms with van der Waals surface area (Å²) in [6, 6.07) is -1.01. The Labute approximate surface area is 238 Å². The number of aliphatic hydroxyl groups is 4. The van der Waals surface area contributed by atoms with Crippen LogP contribution in [-0.4, -0.2) is 102 Å². The maximum absolute atomic E-state index is 11.9. The lowest BCUT2D eigenvalue weighted by Crippen LogP contribution is -2.61. The van der Waals surface area contributed by atoms with Crippen LogP contribution in [0, 0.1) is 0 Å². The fraction of sp³-hybridized carbons (Fsp3) is 0.885. The van der Waals surface area contributed by atoms with Crippen molar-refractivity contribution in [1.29, 1.82) is 0 Å². The molecule has 1 fully saturated rings. The summed E-state index contributed by atoms with van der Waals surface area (Å²) in [4.78, 5) is 11.9. The number of allylic oxidation sites excluding steroid dienone is 1. The predicted molar refractivity (Wildman–Crippen MR) is 147 cm³/mol. The highest BCUT2D eigenvalue weighted by Crippen LogP contribution is 2.25. The Morgan fingerprint density at radius 3 is 2.12 bits per heavy atom. The largest absolute Gasteiger partial charge is 0.397 e. The Morgan fingerprint density at radius 2 is 1.60 bits per heavy atom. The van der Waals surface area contributed by atoms with Gasteiger partial charge in [-0.15, -0.1) is 0 Å². The molecule has 236 valence electrons. The summed E-state index contributed by atoms with van der Waals surface area (Å²) in [6.07, 6.45) is 7.70. The number of amides is 1. The van der Waals surface area contributed by atoms with Gasteiger partial charge in [-0.2, -0.15) is 8.42 Å². The highest BCUT2D eigenvalue weighted by atomic mass is 32.3. The van der Waals surface area contributed by atoms with Crippen molar-refractivity contribution in [3.05, 3.63) is 12.2 Å². The monoisotopic (exact) mass is 598 g/mol. The van der Waals surface area contributed by atoms with E-state index in [-0.39, 0.29) is 6.54 Å². The van der Waals surface area contributed by atoms with Gasteiger partial charge in [0.15, 0.2) is 6.29 Å². The molecule has 0 unspecified atom stereocenters. The summed E-state index contributed by atoms with van der Waals surface area (Å²) in [6.45, 7) is 0.673. The second-order valence-corrected chi connectivity index (χ2v) is 11.2. The van der Waals surface area contributed by atoms with Crippen molar-refractivity contribution >= 4 is 16.3 Å². The van der Waals surface area contributed by atoms with E-state index < -0.39 is 72.4 Å². The zero-order valence-electron chi connectivity index (χ0n) is 23.5. The molecule has 0 spiro atoms.